The zero-order valence-electron chi connectivity index (χ0n) is 10.0. The second kappa shape index (κ2) is 5.33. The van der Waals surface area contributed by atoms with Gasteiger partial charge >= 0.3 is 5.97 Å². The summed E-state index contributed by atoms with van der Waals surface area (Å²) in [5, 5.41) is 0. The number of carbonyl (C=O) groups is 1. The SMILES string of the molecule is COC(=O)c1cc(F)c(OC2CCCC2)c(F)c1. The Kier molecular flexibility index (Phi) is 3.79. The molecule has 1 fully saturated rings. The Bertz CT molecular complexity index is 431. The van der Waals surface area contributed by atoms with Crippen molar-refractivity contribution in [3.05, 3.63) is 29.3 Å². The maximum absolute atomic E-state index is 13.7. The van der Waals surface area contributed by atoms with E-state index in [4.69, 9.17) is 4.74 Å². The second-order valence-electron chi connectivity index (χ2n) is 4.28. The first-order valence-corrected chi connectivity index (χ1v) is 5.86. The Labute approximate surface area is 104 Å². The standard InChI is InChI=1S/C13H14F2O3/c1-17-13(16)8-6-10(14)12(11(15)7-8)18-9-4-2-3-5-9/h6-7,9H,2-5H2,1H3. The lowest BCUT2D eigenvalue weighted by atomic mass is 10.2. The van der Waals surface area contributed by atoms with Crippen molar-refractivity contribution in [2.75, 3.05) is 7.11 Å². The predicted molar refractivity (Wildman–Crippen MR) is 60.6 cm³/mol. The van der Waals surface area contributed by atoms with Crippen molar-refractivity contribution in [2.24, 2.45) is 0 Å². The number of carbonyl (C=O) groups excluding carboxylic acids is 1. The molecule has 1 aliphatic carbocycles. The van der Waals surface area contributed by atoms with Crippen molar-refractivity contribution < 1.29 is 23.0 Å². The van der Waals surface area contributed by atoms with Crippen LogP contribution in [-0.4, -0.2) is 19.2 Å². The van der Waals surface area contributed by atoms with Crippen LogP contribution in [0.15, 0.2) is 12.1 Å². The van der Waals surface area contributed by atoms with Crippen LogP contribution in [0.25, 0.3) is 0 Å². The summed E-state index contributed by atoms with van der Waals surface area (Å²) in [6.45, 7) is 0. The summed E-state index contributed by atoms with van der Waals surface area (Å²) in [6, 6.07) is 1.86. The maximum atomic E-state index is 13.7. The van der Waals surface area contributed by atoms with E-state index in [-0.39, 0.29) is 11.7 Å². The van der Waals surface area contributed by atoms with Gasteiger partial charge in [-0.15, -0.1) is 0 Å². The van der Waals surface area contributed by atoms with Crippen LogP contribution < -0.4 is 4.74 Å². The predicted octanol–water partition coefficient (Wildman–Crippen LogP) is 3.07. The zero-order chi connectivity index (χ0) is 13.1. The summed E-state index contributed by atoms with van der Waals surface area (Å²) < 4.78 is 37.1. The molecule has 0 aromatic heterocycles. The number of halogens is 2. The van der Waals surface area contributed by atoms with E-state index < -0.39 is 23.4 Å². The normalized spacial score (nSPS) is 15.7. The molecule has 3 nitrogen and oxygen atoms in total. The Hall–Kier alpha value is -1.65. The highest BCUT2D eigenvalue weighted by Gasteiger charge is 2.22. The molecule has 0 spiro atoms. The van der Waals surface area contributed by atoms with Crippen molar-refractivity contribution in [3.8, 4) is 5.75 Å². The van der Waals surface area contributed by atoms with Gasteiger partial charge in [0.1, 0.15) is 0 Å². The van der Waals surface area contributed by atoms with Gasteiger partial charge in [-0.1, -0.05) is 0 Å². The monoisotopic (exact) mass is 256 g/mol. The molecule has 2 rings (SSSR count). The van der Waals surface area contributed by atoms with Crippen LogP contribution in [0.1, 0.15) is 36.0 Å². The molecular weight excluding hydrogens is 242 g/mol. The molecule has 0 amide bonds. The lowest BCUT2D eigenvalue weighted by molar-refractivity contribution is 0.0599. The molecule has 1 aliphatic rings. The van der Waals surface area contributed by atoms with E-state index in [1.165, 1.54) is 0 Å². The molecule has 0 bridgehead atoms. The first-order valence-electron chi connectivity index (χ1n) is 5.86. The van der Waals surface area contributed by atoms with E-state index in [0.717, 1.165) is 44.9 Å². The summed E-state index contributed by atoms with van der Waals surface area (Å²) in [6.07, 6.45) is 3.48. The van der Waals surface area contributed by atoms with Crippen molar-refractivity contribution in [2.45, 2.75) is 31.8 Å². The Morgan fingerprint density at radius 1 is 1.22 bits per heavy atom. The van der Waals surface area contributed by atoms with Gasteiger partial charge in [-0.2, -0.15) is 0 Å². The molecule has 0 radical (unpaired) electrons. The number of hydrogen-bond acceptors (Lipinski definition) is 3. The lowest BCUT2D eigenvalue weighted by Gasteiger charge is -2.14. The minimum absolute atomic E-state index is 0.141. The Balaban J connectivity index is 2.23. The van der Waals surface area contributed by atoms with Gasteiger partial charge in [0.15, 0.2) is 17.4 Å². The number of esters is 1. The summed E-state index contributed by atoms with van der Waals surface area (Å²) >= 11 is 0. The van der Waals surface area contributed by atoms with E-state index in [0.29, 0.717) is 0 Å². The van der Waals surface area contributed by atoms with Crippen LogP contribution in [0, 0.1) is 11.6 Å². The summed E-state index contributed by atoms with van der Waals surface area (Å²) in [7, 11) is 1.15. The van der Waals surface area contributed by atoms with Crippen molar-refractivity contribution >= 4 is 5.97 Å². The Morgan fingerprint density at radius 2 is 1.78 bits per heavy atom. The molecule has 1 saturated carbocycles. The van der Waals surface area contributed by atoms with Gasteiger partial charge < -0.3 is 9.47 Å². The van der Waals surface area contributed by atoms with Crippen LogP contribution in [0.4, 0.5) is 8.78 Å². The van der Waals surface area contributed by atoms with Gasteiger partial charge in [-0.05, 0) is 37.8 Å². The molecule has 1 aromatic rings. The molecule has 98 valence electrons. The number of methoxy groups -OCH3 is 1. The summed E-state index contributed by atoms with van der Waals surface area (Å²) in [4.78, 5) is 11.2. The molecule has 0 atom stereocenters. The van der Waals surface area contributed by atoms with Crippen molar-refractivity contribution in [1.29, 1.82) is 0 Å². The third-order valence-electron chi connectivity index (χ3n) is 3.01. The van der Waals surface area contributed by atoms with E-state index in [1.807, 2.05) is 0 Å². The maximum Gasteiger partial charge on any atom is 0.338 e. The van der Waals surface area contributed by atoms with Gasteiger partial charge in [0.05, 0.1) is 18.8 Å². The lowest BCUT2D eigenvalue weighted by Crippen LogP contribution is -2.14. The summed E-state index contributed by atoms with van der Waals surface area (Å²) in [5.41, 5.74) is -0.161. The molecule has 18 heavy (non-hydrogen) atoms. The van der Waals surface area contributed by atoms with E-state index in [9.17, 15) is 13.6 Å². The molecule has 0 unspecified atom stereocenters. The minimum atomic E-state index is -0.873. The summed E-state index contributed by atoms with van der Waals surface area (Å²) in [5.74, 6) is -2.93. The van der Waals surface area contributed by atoms with Gasteiger partial charge in [-0.3, -0.25) is 0 Å². The molecular formula is C13H14F2O3. The first-order chi connectivity index (χ1) is 8.61. The van der Waals surface area contributed by atoms with E-state index in [2.05, 4.69) is 4.74 Å². The molecule has 1 aromatic carbocycles. The third-order valence-corrected chi connectivity index (χ3v) is 3.01. The van der Waals surface area contributed by atoms with Crippen LogP contribution in [-0.2, 0) is 4.74 Å². The highest BCUT2D eigenvalue weighted by atomic mass is 19.1. The first kappa shape index (κ1) is 12.8. The molecule has 0 saturated heterocycles. The second-order valence-corrected chi connectivity index (χ2v) is 4.28. The molecule has 0 heterocycles. The largest absolute Gasteiger partial charge is 0.484 e. The average Bonchev–Trinajstić information content (AvgIpc) is 2.85. The molecule has 0 N–H and O–H groups in total. The number of benzene rings is 1. The van der Waals surface area contributed by atoms with Crippen molar-refractivity contribution in [1.82, 2.24) is 0 Å². The third kappa shape index (κ3) is 2.60. The number of rotatable bonds is 3. The van der Waals surface area contributed by atoms with Crippen molar-refractivity contribution in [3.63, 3.8) is 0 Å². The molecule has 0 aliphatic heterocycles. The number of hydrogen-bond donors (Lipinski definition) is 0. The fourth-order valence-electron chi connectivity index (χ4n) is 2.08. The zero-order valence-corrected chi connectivity index (χ0v) is 10.0. The van der Waals surface area contributed by atoms with Gasteiger partial charge in [0.25, 0.3) is 0 Å². The van der Waals surface area contributed by atoms with Crippen LogP contribution >= 0.6 is 0 Å². The fourth-order valence-corrected chi connectivity index (χ4v) is 2.08. The van der Waals surface area contributed by atoms with Gasteiger partial charge in [0.2, 0.25) is 0 Å². The minimum Gasteiger partial charge on any atom is -0.484 e. The van der Waals surface area contributed by atoms with Crippen LogP contribution in [0.5, 0.6) is 5.75 Å². The highest BCUT2D eigenvalue weighted by Crippen LogP contribution is 2.29. The highest BCUT2D eigenvalue weighted by molar-refractivity contribution is 5.89. The van der Waals surface area contributed by atoms with Crippen LogP contribution in [0.2, 0.25) is 0 Å². The quantitative estimate of drug-likeness (QED) is 0.780. The van der Waals surface area contributed by atoms with E-state index in [1.54, 1.807) is 0 Å². The van der Waals surface area contributed by atoms with Crippen LogP contribution in [0.3, 0.4) is 0 Å². The average molecular weight is 256 g/mol. The number of ether oxygens (including phenoxy) is 2. The topological polar surface area (TPSA) is 35.5 Å². The molecule has 5 heteroatoms. The van der Waals surface area contributed by atoms with Gasteiger partial charge in [0, 0.05) is 0 Å². The fraction of sp³-hybridized carbons (Fsp3) is 0.462. The Morgan fingerprint density at radius 3 is 2.28 bits per heavy atom. The van der Waals surface area contributed by atoms with Gasteiger partial charge in [-0.25, -0.2) is 13.6 Å². The van der Waals surface area contributed by atoms with E-state index >= 15 is 0 Å². The smallest absolute Gasteiger partial charge is 0.338 e.